The summed E-state index contributed by atoms with van der Waals surface area (Å²) in [6, 6.07) is 19.6. The number of rotatable bonds is 7. The zero-order chi connectivity index (χ0) is 20.8. The van der Waals surface area contributed by atoms with Crippen LogP contribution in [-0.4, -0.2) is 27.0 Å². The molecule has 0 aliphatic carbocycles. The summed E-state index contributed by atoms with van der Waals surface area (Å²) < 4.78 is 0. The number of amides is 1. The minimum atomic E-state index is -0.806. The Morgan fingerprint density at radius 3 is 2.07 bits per heavy atom. The Kier molecular flexibility index (Phi) is 6.77. The number of carbonyl (C=O) groups is 2. The minimum Gasteiger partial charge on any atom is -0.333 e. The number of thioether (sulfide) groups is 1. The Hall–Kier alpha value is -2.99. The molecule has 148 valence electrons. The van der Waals surface area contributed by atoms with Crippen molar-refractivity contribution in [1.29, 1.82) is 0 Å². The van der Waals surface area contributed by atoms with Crippen LogP contribution >= 0.6 is 11.8 Å². The highest BCUT2D eigenvalue weighted by Crippen LogP contribution is 2.25. The number of hydrogen-bond donors (Lipinski definition) is 1. The van der Waals surface area contributed by atoms with Crippen LogP contribution in [0, 0.1) is 6.92 Å². The molecule has 0 aliphatic rings. The average molecular weight is 406 g/mol. The molecule has 0 saturated heterocycles. The highest BCUT2D eigenvalue weighted by atomic mass is 32.2. The van der Waals surface area contributed by atoms with Crippen LogP contribution in [0.1, 0.15) is 52.0 Å². The summed E-state index contributed by atoms with van der Waals surface area (Å²) in [5.41, 5.74) is 1.86. The number of hydrogen-bond acceptors (Lipinski definition) is 5. The highest BCUT2D eigenvalue weighted by Gasteiger charge is 2.25. The molecule has 0 saturated carbocycles. The fourth-order valence-corrected chi connectivity index (χ4v) is 3.73. The van der Waals surface area contributed by atoms with Crippen LogP contribution < -0.4 is 5.32 Å². The molecule has 0 spiro atoms. The maximum absolute atomic E-state index is 13.1. The molecule has 29 heavy (non-hydrogen) atoms. The third kappa shape index (κ3) is 5.51. The quantitative estimate of drug-likeness (QED) is 0.268. The molecule has 3 rings (SSSR count). The highest BCUT2D eigenvalue weighted by molar-refractivity contribution is 8.00. The van der Waals surface area contributed by atoms with E-state index in [9.17, 15) is 9.59 Å². The lowest BCUT2D eigenvalue weighted by atomic mass is 10.1. The van der Waals surface area contributed by atoms with Crippen LogP contribution in [-0.2, 0) is 0 Å². The molecule has 3 aromatic rings. The van der Waals surface area contributed by atoms with E-state index in [0.29, 0.717) is 22.0 Å². The van der Waals surface area contributed by atoms with Gasteiger partial charge in [-0.25, -0.2) is 9.97 Å². The number of benzene rings is 2. The van der Waals surface area contributed by atoms with Crippen molar-refractivity contribution in [3.8, 4) is 0 Å². The van der Waals surface area contributed by atoms with Crippen molar-refractivity contribution in [2.75, 3.05) is 0 Å². The lowest BCUT2D eigenvalue weighted by molar-refractivity contribution is 0.0892. The van der Waals surface area contributed by atoms with Crippen molar-refractivity contribution in [3.05, 3.63) is 89.4 Å². The van der Waals surface area contributed by atoms with E-state index in [1.807, 2.05) is 39.0 Å². The van der Waals surface area contributed by atoms with Gasteiger partial charge in [0.25, 0.3) is 5.91 Å². The molecule has 1 N–H and O–H groups in total. The molecule has 2 aromatic carbocycles. The fourth-order valence-electron chi connectivity index (χ4n) is 2.70. The maximum atomic E-state index is 13.1. The van der Waals surface area contributed by atoms with Gasteiger partial charge in [0.05, 0.1) is 0 Å². The first-order valence-corrected chi connectivity index (χ1v) is 10.3. The lowest BCUT2D eigenvalue weighted by Crippen LogP contribution is -2.38. The largest absolute Gasteiger partial charge is 0.333 e. The second-order valence-corrected chi connectivity index (χ2v) is 8.05. The predicted molar refractivity (Wildman–Crippen MR) is 115 cm³/mol. The molecular formula is C23H23N3O2S. The van der Waals surface area contributed by atoms with Crippen LogP contribution in [0.25, 0.3) is 0 Å². The number of nitrogens with zero attached hydrogens (tertiary/aromatic N) is 2. The van der Waals surface area contributed by atoms with Gasteiger partial charge in [-0.15, -0.1) is 0 Å². The Balaban J connectivity index is 1.90. The number of aromatic nitrogens is 2. The average Bonchev–Trinajstić information content (AvgIpc) is 2.73. The van der Waals surface area contributed by atoms with Gasteiger partial charge < -0.3 is 5.32 Å². The smallest absolute Gasteiger partial charge is 0.252 e. The first-order valence-electron chi connectivity index (χ1n) is 9.41. The molecule has 1 heterocycles. The molecule has 5 nitrogen and oxygen atoms in total. The number of aryl methyl sites for hydroxylation is 1. The fraction of sp³-hybridized carbons (Fsp3) is 0.217. The summed E-state index contributed by atoms with van der Waals surface area (Å²) in [5, 5.41) is 2.71. The lowest BCUT2D eigenvalue weighted by Gasteiger charge is -2.18. The van der Waals surface area contributed by atoms with Gasteiger partial charge >= 0.3 is 0 Å². The zero-order valence-electron chi connectivity index (χ0n) is 16.6. The van der Waals surface area contributed by atoms with E-state index in [0.717, 1.165) is 5.69 Å². The van der Waals surface area contributed by atoms with Gasteiger partial charge in [0, 0.05) is 22.7 Å². The molecule has 1 aromatic heterocycles. The summed E-state index contributed by atoms with van der Waals surface area (Å²) in [7, 11) is 0. The van der Waals surface area contributed by atoms with E-state index in [2.05, 4.69) is 15.3 Å². The molecule has 6 heteroatoms. The van der Waals surface area contributed by atoms with Crippen LogP contribution in [0.15, 0.2) is 71.8 Å². The predicted octanol–water partition coefficient (Wildman–Crippen LogP) is 4.64. The van der Waals surface area contributed by atoms with Gasteiger partial charge in [-0.1, -0.05) is 74.1 Å². The van der Waals surface area contributed by atoms with Crippen molar-refractivity contribution in [1.82, 2.24) is 15.3 Å². The summed E-state index contributed by atoms with van der Waals surface area (Å²) in [5.74, 6) is 0.397. The van der Waals surface area contributed by atoms with E-state index in [4.69, 9.17) is 0 Å². The standard InChI is InChI=1S/C23H23N3O2S/c1-15(2)21-24-16(3)14-19(25-21)29-23(20(27)17-10-6-4-7-11-17)26-22(28)18-12-8-5-9-13-18/h4-15,23H,1-3H3,(H,26,28). The van der Waals surface area contributed by atoms with Crippen molar-refractivity contribution in [3.63, 3.8) is 0 Å². The Morgan fingerprint density at radius 2 is 1.48 bits per heavy atom. The van der Waals surface area contributed by atoms with Gasteiger partial charge in [0.2, 0.25) is 0 Å². The van der Waals surface area contributed by atoms with Gasteiger partial charge in [0.1, 0.15) is 16.2 Å². The molecule has 1 unspecified atom stereocenters. The van der Waals surface area contributed by atoms with Crippen LogP contribution in [0.4, 0.5) is 0 Å². The second-order valence-electron chi connectivity index (χ2n) is 6.93. The zero-order valence-corrected chi connectivity index (χ0v) is 17.4. The van der Waals surface area contributed by atoms with Crippen molar-refractivity contribution < 1.29 is 9.59 Å². The van der Waals surface area contributed by atoms with Gasteiger partial charge in [-0.05, 0) is 25.1 Å². The third-order valence-corrected chi connectivity index (χ3v) is 5.22. The summed E-state index contributed by atoms with van der Waals surface area (Å²) >= 11 is 1.23. The van der Waals surface area contributed by atoms with Gasteiger partial charge in [-0.2, -0.15) is 0 Å². The van der Waals surface area contributed by atoms with E-state index in [1.54, 1.807) is 48.5 Å². The Labute approximate surface area is 175 Å². The topological polar surface area (TPSA) is 72.0 Å². The van der Waals surface area contributed by atoms with E-state index in [1.165, 1.54) is 11.8 Å². The first-order chi connectivity index (χ1) is 13.9. The first kappa shape index (κ1) is 20.7. The van der Waals surface area contributed by atoms with Crippen LogP contribution in [0.3, 0.4) is 0 Å². The van der Waals surface area contributed by atoms with Crippen molar-refractivity contribution >= 4 is 23.5 Å². The molecule has 0 radical (unpaired) electrons. The minimum absolute atomic E-state index is 0.163. The molecule has 0 bridgehead atoms. The number of Topliss-reactive ketones (excluding diaryl/α,β-unsaturated/α-hetero) is 1. The van der Waals surface area contributed by atoms with Crippen LogP contribution in [0.2, 0.25) is 0 Å². The molecular weight excluding hydrogens is 382 g/mol. The van der Waals surface area contributed by atoms with Crippen molar-refractivity contribution in [2.45, 2.75) is 37.1 Å². The van der Waals surface area contributed by atoms with E-state index < -0.39 is 5.37 Å². The normalized spacial score (nSPS) is 11.9. The second kappa shape index (κ2) is 9.47. The number of carbonyl (C=O) groups excluding carboxylic acids is 2. The Bertz CT molecular complexity index is 992. The molecule has 0 aliphatic heterocycles. The summed E-state index contributed by atoms with van der Waals surface area (Å²) in [4.78, 5) is 34.9. The SMILES string of the molecule is Cc1cc(SC(NC(=O)c2ccccc2)C(=O)c2ccccc2)nc(C(C)C)n1. The molecule has 1 amide bonds. The van der Waals surface area contributed by atoms with E-state index in [-0.39, 0.29) is 17.6 Å². The van der Waals surface area contributed by atoms with Gasteiger partial charge in [0.15, 0.2) is 5.78 Å². The number of nitrogens with one attached hydrogen (secondary N) is 1. The molecule has 1 atom stereocenters. The third-order valence-electron chi connectivity index (χ3n) is 4.20. The molecule has 0 fully saturated rings. The van der Waals surface area contributed by atoms with Gasteiger partial charge in [-0.3, -0.25) is 9.59 Å². The monoisotopic (exact) mass is 405 g/mol. The summed E-state index contributed by atoms with van der Waals surface area (Å²) in [6.45, 7) is 5.94. The van der Waals surface area contributed by atoms with Crippen LogP contribution in [0.5, 0.6) is 0 Å². The maximum Gasteiger partial charge on any atom is 0.252 e. The van der Waals surface area contributed by atoms with Crippen molar-refractivity contribution in [2.24, 2.45) is 0 Å². The Morgan fingerprint density at radius 1 is 0.897 bits per heavy atom. The van der Waals surface area contributed by atoms with E-state index >= 15 is 0 Å². The number of ketones is 1. The summed E-state index contributed by atoms with van der Waals surface area (Å²) in [6.07, 6.45) is 0.